The third-order valence-corrected chi connectivity index (χ3v) is 3.75. The van der Waals surface area contributed by atoms with Crippen LogP contribution in [0.5, 0.6) is 0 Å². The zero-order valence-electron chi connectivity index (χ0n) is 9.01. The molecule has 1 nitrogen and oxygen atoms in total. The van der Waals surface area contributed by atoms with Crippen LogP contribution in [0.2, 0.25) is 0 Å². The summed E-state index contributed by atoms with van der Waals surface area (Å²) in [5.41, 5.74) is 1.41. The third-order valence-electron chi connectivity index (χ3n) is 2.23. The summed E-state index contributed by atoms with van der Waals surface area (Å²) in [5.74, 6) is 0.642. The molecule has 0 amide bonds. The third kappa shape index (κ3) is 3.37. The van der Waals surface area contributed by atoms with Crippen LogP contribution >= 0.6 is 27.3 Å². The van der Waals surface area contributed by atoms with E-state index >= 15 is 0 Å². The smallest absolute Gasteiger partial charge is 0.0701 e. The Morgan fingerprint density at radius 1 is 1.50 bits per heavy atom. The first-order valence-corrected chi connectivity index (χ1v) is 6.79. The molecule has 1 aromatic heterocycles. The van der Waals surface area contributed by atoms with Crippen molar-refractivity contribution in [2.24, 2.45) is 5.92 Å². The summed E-state index contributed by atoms with van der Waals surface area (Å²) in [6.07, 6.45) is 1.19. The molecule has 0 radical (unpaired) electrons. The lowest BCUT2D eigenvalue weighted by Crippen LogP contribution is -2.25. The summed E-state index contributed by atoms with van der Waals surface area (Å²) in [5, 5.41) is 5.82. The zero-order chi connectivity index (χ0) is 10.6. The predicted molar refractivity (Wildman–Crippen MR) is 67.9 cm³/mol. The van der Waals surface area contributed by atoms with Crippen molar-refractivity contribution >= 4 is 27.3 Å². The first-order chi connectivity index (χ1) is 6.65. The van der Waals surface area contributed by atoms with Crippen molar-refractivity contribution in [3.05, 3.63) is 20.8 Å². The molecule has 0 aliphatic carbocycles. The van der Waals surface area contributed by atoms with Crippen molar-refractivity contribution in [3.8, 4) is 0 Å². The standard InChI is InChI=1S/C11H18BrNS/c1-4-5-13-11(8(2)3)9-6-10(12)14-7-9/h6-8,11,13H,4-5H2,1-3H3. The molecule has 0 saturated carbocycles. The summed E-state index contributed by atoms with van der Waals surface area (Å²) in [4.78, 5) is 0. The van der Waals surface area contributed by atoms with Crippen LogP contribution in [-0.4, -0.2) is 6.54 Å². The van der Waals surface area contributed by atoms with E-state index in [9.17, 15) is 0 Å². The first-order valence-electron chi connectivity index (χ1n) is 5.12. The van der Waals surface area contributed by atoms with Crippen molar-refractivity contribution < 1.29 is 0 Å². The highest BCUT2D eigenvalue weighted by Crippen LogP contribution is 2.29. The van der Waals surface area contributed by atoms with Crippen LogP contribution in [0.15, 0.2) is 15.2 Å². The largest absolute Gasteiger partial charge is 0.310 e. The van der Waals surface area contributed by atoms with Crippen LogP contribution in [0.3, 0.4) is 0 Å². The molecule has 1 heterocycles. The average molecular weight is 276 g/mol. The van der Waals surface area contributed by atoms with E-state index in [4.69, 9.17) is 0 Å². The van der Waals surface area contributed by atoms with Gasteiger partial charge in [0, 0.05) is 6.04 Å². The van der Waals surface area contributed by atoms with Crippen molar-refractivity contribution in [1.82, 2.24) is 5.32 Å². The molecule has 1 rings (SSSR count). The van der Waals surface area contributed by atoms with Gasteiger partial charge < -0.3 is 5.32 Å². The molecule has 0 aromatic carbocycles. The minimum absolute atomic E-state index is 0.498. The van der Waals surface area contributed by atoms with Gasteiger partial charge in [-0.2, -0.15) is 0 Å². The van der Waals surface area contributed by atoms with Gasteiger partial charge in [-0.1, -0.05) is 20.8 Å². The van der Waals surface area contributed by atoms with Crippen LogP contribution in [0, 0.1) is 5.92 Å². The van der Waals surface area contributed by atoms with Crippen LogP contribution in [0.4, 0.5) is 0 Å². The fourth-order valence-electron chi connectivity index (χ4n) is 1.52. The predicted octanol–water partition coefficient (Wildman–Crippen LogP) is 4.21. The molecule has 3 heteroatoms. The van der Waals surface area contributed by atoms with Gasteiger partial charge in [-0.15, -0.1) is 11.3 Å². The second-order valence-electron chi connectivity index (χ2n) is 3.86. The quantitative estimate of drug-likeness (QED) is 0.849. The first kappa shape index (κ1) is 12.2. The lowest BCUT2D eigenvalue weighted by molar-refractivity contribution is 0.413. The van der Waals surface area contributed by atoms with Crippen LogP contribution in [0.25, 0.3) is 0 Å². The highest BCUT2D eigenvalue weighted by molar-refractivity contribution is 9.11. The van der Waals surface area contributed by atoms with Gasteiger partial charge in [0.2, 0.25) is 0 Å². The summed E-state index contributed by atoms with van der Waals surface area (Å²) in [7, 11) is 0. The zero-order valence-corrected chi connectivity index (χ0v) is 11.4. The molecule has 0 aliphatic heterocycles. The minimum Gasteiger partial charge on any atom is -0.310 e. The van der Waals surface area contributed by atoms with Gasteiger partial charge in [0.05, 0.1) is 3.79 Å². The highest BCUT2D eigenvalue weighted by atomic mass is 79.9. The monoisotopic (exact) mass is 275 g/mol. The molecule has 1 unspecified atom stereocenters. The average Bonchev–Trinajstić information content (AvgIpc) is 2.52. The molecular weight excluding hydrogens is 258 g/mol. The van der Waals surface area contributed by atoms with Crippen LogP contribution in [-0.2, 0) is 0 Å². The Hall–Kier alpha value is 0.140. The van der Waals surface area contributed by atoms with Crippen molar-refractivity contribution in [2.45, 2.75) is 33.2 Å². The Morgan fingerprint density at radius 3 is 2.64 bits per heavy atom. The molecule has 14 heavy (non-hydrogen) atoms. The van der Waals surface area contributed by atoms with E-state index in [-0.39, 0.29) is 0 Å². The minimum atomic E-state index is 0.498. The Morgan fingerprint density at radius 2 is 2.21 bits per heavy atom. The fraction of sp³-hybridized carbons (Fsp3) is 0.636. The second-order valence-corrected chi connectivity index (χ2v) is 6.15. The highest BCUT2D eigenvalue weighted by Gasteiger charge is 2.15. The number of nitrogens with one attached hydrogen (secondary N) is 1. The molecule has 1 aromatic rings. The van der Waals surface area contributed by atoms with E-state index in [1.165, 1.54) is 15.8 Å². The maximum atomic E-state index is 3.58. The molecule has 0 aliphatic rings. The molecule has 0 spiro atoms. The van der Waals surface area contributed by atoms with E-state index in [0.29, 0.717) is 12.0 Å². The van der Waals surface area contributed by atoms with Gasteiger partial charge in [-0.05, 0) is 51.8 Å². The normalized spacial score (nSPS) is 13.5. The lowest BCUT2D eigenvalue weighted by atomic mass is 9.98. The molecule has 1 N–H and O–H groups in total. The SMILES string of the molecule is CCCNC(c1csc(Br)c1)C(C)C. The van der Waals surface area contributed by atoms with Gasteiger partial charge in [-0.25, -0.2) is 0 Å². The Kier molecular flexibility index (Phi) is 5.13. The summed E-state index contributed by atoms with van der Waals surface area (Å²) in [6.45, 7) is 7.82. The Balaban J connectivity index is 2.67. The second kappa shape index (κ2) is 5.89. The molecule has 0 bridgehead atoms. The molecule has 1 atom stereocenters. The molecule has 80 valence electrons. The van der Waals surface area contributed by atoms with Crippen LogP contribution < -0.4 is 5.32 Å². The lowest BCUT2D eigenvalue weighted by Gasteiger charge is -2.21. The number of rotatable bonds is 5. The van der Waals surface area contributed by atoms with E-state index < -0.39 is 0 Å². The van der Waals surface area contributed by atoms with Gasteiger partial charge in [0.15, 0.2) is 0 Å². The Bertz CT molecular complexity index is 270. The fourth-order valence-corrected chi connectivity index (χ4v) is 2.74. The van der Waals surface area contributed by atoms with E-state index in [2.05, 4.69) is 53.5 Å². The van der Waals surface area contributed by atoms with E-state index in [0.717, 1.165) is 6.54 Å². The van der Waals surface area contributed by atoms with Crippen molar-refractivity contribution in [3.63, 3.8) is 0 Å². The van der Waals surface area contributed by atoms with E-state index in [1.807, 2.05) is 0 Å². The summed E-state index contributed by atoms with van der Waals surface area (Å²) >= 11 is 5.27. The Labute approximate surface area is 99.0 Å². The topological polar surface area (TPSA) is 12.0 Å². The van der Waals surface area contributed by atoms with Gasteiger partial charge in [0.25, 0.3) is 0 Å². The number of thiophene rings is 1. The summed E-state index contributed by atoms with van der Waals surface area (Å²) in [6, 6.07) is 2.72. The van der Waals surface area contributed by atoms with Gasteiger partial charge in [-0.3, -0.25) is 0 Å². The van der Waals surface area contributed by atoms with Crippen molar-refractivity contribution in [2.75, 3.05) is 6.54 Å². The number of hydrogen-bond donors (Lipinski definition) is 1. The maximum Gasteiger partial charge on any atom is 0.0701 e. The molecular formula is C11H18BrNS. The van der Waals surface area contributed by atoms with Gasteiger partial charge in [0.1, 0.15) is 0 Å². The maximum absolute atomic E-state index is 3.58. The van der Waals surface area contributed by atoms with E-state index in [1.54, 1.807) is 11.3 Å². The van der Waals surface area contributed by atoms with Crippen LogP contribution in [0.1, 0.15) is 38.8 Å². The van der Waals surface area contributed by atoms with Gasteiger partial charge >= 0.3 is 0 Å². The number of halogens is 1. The number of hydrogen-bond acceptors (Lipinski definition) is 2. The van der Waals surface area contributed by atoms with Crippen molar-refractivity contribution in [1.29, 1.82) is 0 Å². The molecule has 0 fully saturated rings. The molecule has 0 saturated heterocycles. The summed E-state index contributed by atoms with van der Waals surface area (Å²) < 4.78 is 1.22.